The van der Waals surface area contributed by atoms with Crippen molar-refractivity contribution < 1.29 is 14.3 Å². The minimum absolute atomic E-state index is 0.113. The van der Waals surface area contributed by atoms with Crippen LogP contribution in [0.2, 0.25) is 0 Å². The van der Waals surface area contributed by atoms with Crippen molar-refractivity contribution in [2.45, 2.75) is 32.8 Å². The van der Waals surface area contributed by atoms with Gasteiger partial charge in [-0.1, -0.05) is 26.0 Å². The molecule has 2 N–H and O–H groups in total. The summed E-state index contributed by atoms with van der Waals surface area (Å²) in [6.45, 7) is 4.33. The number of benzene rings is 1. The van der Waals surface area contributed by atoms with Gasteiger partial charge in [0.2, 0.25) is 5.91 Å². The first-order valence-corrected chi connectivity index (χ1v) is 6.18. The fourth-order valence-corrected chi connectivity index (χ4v) is 1.54. The largest absolute Gasteiger partial charge is 0.393 e. The molecule has 1 rings (SSSR count). The van der Waals surface area contributed by atoms with Gasteiger partial charge < -0.3 is 10.4 Å². The lowest BCUT2D eigenvalue weighted by Crippen LogP contribution is -2.29. The Labute approximate surface area is 107 Å². The quantitative estimate of drug-likeness (QED) is 0.813. The smallest absolute Gasteiger partial charge is 0.224 e. The highest BCUT2D eigenvalue weighted by atomic mass is 19.1. The first-order valence-electron chi connectivity index (χ1n) is 6.18. The number of aliphatic hydroxyl groups is 1. The van der Waals surface area contributed by atoms with Crippen LogP contribution in [0, 0.1) is 11.7 Å². The van der Waals surface area contributed by atoms with Gasteiger partial charge in [-0.15, -0.1) is 0 Å². The number of hydrogen-bond acceptors (Lipinski definition) is 2. The number of hydrogen-bond donors (Lipinski definition) is 2. The monoisotopic (exact) mass is 253 g/mol. The Morgan fingerprint density at radius 3 is 2.50 bits per heavy atom. The first kappa shape index (κ1) is 14.6. The summed E-state index contributed by atoms with van der Waals surface area (Å²) < 4.78 is 12.7. The molecule has 0 aliphatic carbocycles. The maximum Gasteiger partial charge on any atom is 0.224 e. The molecule has 18 heavy (non-hydrogen) atoms. The molecule has 1 aromatic rings. The summed E-state index contributed by atoms with van der Waals surface area (Å²) in [5.74, 6) is -0.226. The summed E-state index contributed by atoms with van der Waals surface area (Å²) in [5.41, 5.74) is 0.776. The molecule has 1 atom stereocenters. The molecule has 0 saturated heterocycles. The third kappa shape index (κ3) is 5.27. The fraction of sp³-hybridized carbons (Fsp3) is 0.500. The zero-order chi connectivity index (χ0) is 13.5. The molecule has 0 spiro atoms. The van der Waals surface area contributed by atoms with Crippen molar-refractivity contribution >= 4 is 5.91 Å². The van der Waals surface area contributed by atoms with Crippen LogP contribution in [0.3, 0.4) is 0 Å². The zero-order valence-electron chi connectivity index (χ0n) is 10.8. The molecule has 0 aliphatic rings. The number of carbonyl (C=O) groups excluding carboxylic acids is 1. The molecular weight excluding hydrogens is 233 g/mol. The molecular formula is C14H20FNO2. The van der Waals surface area contributed by atoms with Gasteiger partial charge in [-0.3, -0.25) is 4.79 Å². The number of rotatable bonds is 6. The standard InChI is InChI=1S/C14H20FNO2/c1-10(2)13(17)7-8-16-14(18)9-11-3-5-12(15)6-4-11/h3-6,10,13,17H,7-9H2,1-2H3,(H,16,18). The molecule has 1 unspecified atom stereocenters. The van der Waals surface area contributed by atoms with E-state index >= 15 is 0 Å². The van der Waals surface area contributed by atoms with E-state index in [2.05, 4.69) is 5.32 Å². The van der Waals surface area contributed by atoms with E-state index in [4.69, 9.17) is 0 Å². The van der Waals surface area contributed by atoms with Crippen molar-refractivity contribution in [3.8, 4) is 0 Å². The predicted molar refractivity (Wildman–Crippen MR) is 68.6 cm³/mol. The van der Waals surface area contributed by atoms with Crippen LogP contribution in [0.15, 0.2) is 24.3 Å². The van der Waals surface area contributed by atoms with E-state index in [1.54, 1.807) is 12.1 Å². The Morgan fingerprint density at radius 2 is 1.94 bits per heavy atom. The fourth-order valence-electron chi connectivity index (χ4n) is 1.54. The van der Waals surface area contributed by atoms with Gasteiger partial charge in [0.15, 0.2) is 0 Å². The first-order chi connectivity index (χ1) is 8.49. The maximum atomic E-state index is 12.7. The SMILES string of the molecule is CC(C)C(O)CCNC(=O)Cc1ccc(F)cc1. The van der Waals surface area contributed by atoms with Crippen LogP contribution in [0.5, 0.6) is 0 Å². The summed E-state index contributed by atoms with van der Waals surface area (Å²) in [4.78, 5) is 11.6. The molecule has 100 valence electrons. The van der Waals surface area contributed by atoms with Gasteiger partial charge >= 0.3 is 0 Å². The van der Waals surface area contributed by atoms with Crippen LogP contribution in [-0.4, -0.2) is 23.7 Å². The molecule has 0 heterocycles. The molecule has 3 nitrogen and oxygen atoms in total. The van der Waals surface area contributed by atoms with Crippen LogP contribution in [0.25, 0.3) is 0 Å². The van der Waals surface area contributed by atoms with Crippen LogP contribution in [0.4, 0.5) is 4.39 Å². The van der Waals surface area contributed by atoms with Crippen molar-refractivity contribution in [3.05, 3.63) is 35.6 Å². The second-order valence-corrected chi connectivity index (χ2v) is 4.75. The van der Waals surface area contributed by atoms with E-state index < -0.39 is 6.10 Å². The Bertz CT molecular complexity index is 376. The topological polar surface area (TPSA) is 49.3 Å². The van der Waals surface area contributed by atoms with Crippen molar-refractivity contribution in [1.29, 1.82) is 0 Å². The minimum Gasteiger partial charge on any atom is -0.393 e. The zero-order valence-corrected chi connectivity index (χ0v) is 10.8. The maximum absolute atomic E-state index is 12.7. The van der Waals surface area contributed by atoms with E-state index in [9.17, 15) is 14.3 Å². The molecule has 1 aromatic carbocycles. The molecule has 0 radical (unpaired) electrons. The van der Waals surface area contributed by atoms with E-state index in [1.807, 2.05) is 13.8 Å². The third-order valence-electron chi connectivity index (χ3n) is 2.81. The highest BCUT2D eigenvalue weighted by molar-refractivity contribution is 5.78. The van der Waals surface area contributed by atoms with Gasteiger partial charge in [-0.25, -0.2) is 4.39 Å². The summed E-state index contributed by atoms with van der Waals surface area (Å²) >= 11 is 0. The Hall–Kier alpha value is -1.42. The number of carbonyl (C=O) groups is 1. The lowest BCUT2D eigenvalue weighted by atomic mass is 10.0. The van der Waals surface area contributed by atoms with Crippen LogP contribution < -0.4 is 5.32 Å². The van der Waals surface area contributed by atoms with Gasteiger partial charge in [0.1, 0.15) is 5.82 Å². The summed E-state index contributed by atoms with van der Waals surface area (Å²) in [6, 6.07) is 5.87. The third-order valence-corrected chi connectivity index (χ3v) is 2.81. The number of nitrogens with one attached hydrogen (secondary N) is 1. The highest BCUT2D eigenvalue weighted by Gasteiger charge is 2.09. The number of halogens is 1. The van der Waals surface area contributed by atoms with Gasteiger partial charge in [0.05, 0.1) is 12.5 Å². The van der Waals surface area contributed by atoms with Crippen molar-refractivity contribution in [2.75, 3.05) is 6.54 Å². The van der Waals surface area contributed by atoms with Crippen LogP contribution in [0.1, 0.15) is 25.8 Å². The minimum atomic E-state index is -0.392. The van der Waals surface area contributed by atoms with E-state index in [-0.39, 0.29) is 24.1 Å². The summed E-state index contributed by atoms with van der Waals surface area (Å²) in [7, 11) is 0. The van der Waals surface area contributed by atoms with Gasteiger partial charge in [0, 0.05) is 6.54 Å². The Morgan fingerprint density at radius 1 is 1.33 bits per heavy atom. The number of aliphatic hydroxyl groups excluding tert-OH is 1. The van der Waals surface area contributed by atoms with Gasteiger partial charge in [-0.05, 0) is 30.0 Å². The van der Waals surface area contributed by atoms with Crippen LogP contribution in [-0.2, 0) is 11.2 Å². The van der Waals surface area contributed by atoms with Crippen molar-refractivity contribution in [2.24, 2.45) is 5.92 Å². The van der Waals surface area contributed by atoms with Gasteiger partial charge in [-0.2, -0.15) is 0 Å². The highest BCUT2D eigenvalue weighted by Crippen LogP contribution is 2.05. The molecule has 0 bridgehead atoms. The Balaban J connectivity index is 2.27. The number of amides is 1. The normalized spacial score (nSPS) is 12.5. The van der Waals surface area contributed by atoms with Crippen molar-refractivity contribution in [3.63, 3.8) is 0 Å². The average Bonchev–Trinajstić information content (AvgIpc) is 2.32. The van der Waals surface area contributed by atoms with Crippen LogP contribution >= 0.6 is 0 Å². The van der Waals surface area contributed by atoms with Crippen molar-refractivity contribution in [1.82, 2.24) is 5.32 Å². The predicted octanol–water partition coefficient (Wildman–Crippen LogP) is 1.89. The van der Waals surface area contributed by atoms with E-state index in [0.29, 0.717) is 13.0 Å². The molecule has 1 amide bonds. The van der Waals surface area contributed by atoms with E-state index in [1.165, 1.54) is 12.1 Å². The molecule has 0 fully saturated rings. The molecule has 0 saturated carbocycles. The lowest BCUT2D eigenvalue weighted by Gasteiger charge is -2.14. The van der Waals surface area contributed by atoms with Gasteiger partial charge in [0.25, 0.3) is 0 Å². The second-order valence-electron chi connectivity index (χ2n) is 4.75. The summed E-state index contributed by atoms with van der Waals surface area (Å²) in [5, 5.41) is 12.3. The molecule has 0 aromatic heterocycles. The molecule has 4 heteroatoms. The Kier molecular flexibility index (Phi) is 5.78. The lowest BCUT2D eigenvalue weighted by molar-refractivity contribution is -0.120. The summed E-state index contributed by atoms with van der Waals surface area (Å²) in [6.07, 6.45) is 0.390. The average molecular weight is 253 g/mol. The molecule has 0 aliphatic heterocycles. The van der Waals surface area contributed by atoms with E-state index in [0.717, 1.165) is 5.56 Å². The second kappa shape index (κ2) is 7.11.